The van der Waals surface area contributed by atoms with Gasteiger partial charge in [-0.1, -0.05) is 18.2 Å². The molecular weight excluding hydrogens is 174 g/mol. The third-order valence-electron chi connectivity index (χ3n) is 3.10. The van der Waals surface area contributed by atoms with Crippen LogP contribution in [0.2, 0.25) is 0 Å². The highest BCUT2D eigenvalue weighted by Gasteiger charge is 2.14. The molecule has 3 N–H and O–H groups in total. The maximum absolute atomic E-state index is 9.15. The molecule has 0 heterocycles. The van der Waals surface area contributed by atoms with Crippen LogP contribution in [0.5, 0.6) is 0 Å². The van der Waals surface area contributed by atoms with Crippen LogP contribution in [-0.2, 0) is 12.8 Å². The van der Waals surface area contributed by atoms with Crippen molar-refractivity contribution in [3.8, 4) is 0 Å². The lowest BCUT2D eigenvalue weighted by molar-refractivity contribution is 0.268. The van der Waals surface area contributed by atoms with E-state index in [1.165, 1.54) is 36.0 Å². The Balaban J connectivity index is 2.27. The molecule has 0 saturated heterocycles. The second kappa shape index (κ2) is 4.11. The predicted molar refractivity (Wildman–Crippen MR) is 57.3 cm³/mol. The van der Waals surface area contributed by atoms with Gasteiger partial charge in [0.1, 0.15) is 0 Å². The molecule has 0 bridgehead atoms. The number of rotatable bonds is 3. The van der Waals surface area contributed by atoms with Crippen LogP contribution in [0.15, 0.2) is 18.2 Å². The minimum absolute atomic E-state index is 0.112. The van der Waals surface area contributed by atoms with Crippen molar-refractivity contribution in [3.05, 3.63) is 34.9 Å². The summed E-state index contributed by atoms with van der Waals surface area (Å²) in [5.74, 6) is 0.112. The fraction of sp³-hybridized carbons (Fsp3) is 0.500. The zero-order valence-corrected chi connectivity index (χ0v) is 8.37. The van der Waals surface area contributed by atoms with Crippen LogP contribution in [0.4, 0.5) is 0 Å². The first-order valence-corrected chi connectivity index (χ1v) is 5.27. The Morgan fingerprint density at radius 3 is 2.79 bits per heavy atom. The van der Waals surface area contributed by atoms with Gasteiger partial charge in [0.2, 0.25) is 0 Å². The first-order chi connectivity index (χ1) is 6.85. The predicted octanol–water partition coefficient (Wildman–Crippen LogP) is 1.21. The molecule has 76 valence electrons. The van der Waals surface area contributed by atoms with E-state index in [2.05, 4.69) is 18.2 Å². The minimum atomic E-state index is 0.112. The molecule has 0 spiro atoms. The largest absolute Gasteiger partial charge is 0.396 e. The number of hydrogen-bond donors (Lipinski definition) is 2. The number of fused-ring (bicyclic) bond motifs is 1. The number of aliphatic hydroxyl groups excluding tert-OH is 1. The normalized spacial score (nSPS) is 16.7. The summed E-state index contributed by atoms with van der Waals surface area (Å²) in [4.78, 5) is 0. The SMILES string of the molecule is NCC(CO)c1ccc2c(c1)CCC2. The Labute approximate surface area is 84.7 Å². The third kappa shape index (κ3) is 1.68. The molecule has 1 aromatic carbocycles. The smallest absolute Gasteiger partial charge is 0.0511 e. The van der Waals surface area contributed by atoms with Crippen molar-refractivity contribution in [2.75, 3.05) is 13.2 Å². The van der Waals surface area contributed by atoms with Crippen molar-refractivity contribution in [1.29, 1.82) is 0 Å². The summed E-state index contributed by atoms with van der Waals surface area (Å²) >= 11 is 0. The maximum atomic E-state index is 9.15. The molecule has 1 atom stereocenters. The van der Waals surface area contributed by atoms with E-state index in [4.69, 9.17) is 10.8 Å². The van der Waals surface area contributed by atoms with Gasteiger partial charge in [0.05, 0.1) is 6.61 Å². The van der Waals surface area contributed by atoms with Crippen LogP contribution < -0.4 is 5.73 Å². The minimum Gasteiger partial charge on any atom is -0.396 e. The molecule has 2 rings (SSSR count). The highest BCUT2D eigenvalue weighted by Crippen LogP contribution is 2.25. The molecule has 2 nitrogen and oxygen atoms in total. The molecule has 1 aliphatic carbocycles. The summed E-state index contributed by atoms with van der Waals surface area (Å²) in [6.07, 6.45) is 3.67. The van der Waals surface area contributed by atoms with Crippen LogP contribution in [0.25, 0.3) is 0 Å². The highest BCUT2D eigenvalue weighted by atomic mass is 16.3. The summed E-state index contributed by atoms with van der Waals surface area (Å²) in [6.45, 7) is 0.671. The van der Waals surface area contributed by atoms with Crippen LogP contribution >= 0.6 is 0 Å². The molecule has 14 heavy (non-hydrogen) atoms. The van der Waals surface area contributed by atoms with Crippen molar-refractivity contribution in [3.63, 3.8) is 0 Å². The second-order valence-corrected chi connectivity index (χ2v) is 4.00. The standard InChI is InChI=1S/C12H17NO/c13-7-12(8-14)11-5-4-9-2-1-3-10(9)6-11/h4-6,12,14H,1-3,7-8,13H2. The van der Waals surface area contributed by atoms with E-state index in [-0.39, 0.29) is 12.5 Å². The van der Waals surface area contributed by atoms with Crippen LogP contribution in [0, 0.1) is 0 Å². The van der Waals surface area contributed by atoms with Crippen molar-refractivity contribution in [1.82, 2.24) is 0 Å². The van der Waals surface area contributed by atoms with Gasteiger partial charge < -0.3 is 10.8 Å². The van der Waals surface area contributed by atoms with E-state index in [1.807, 2.05) is 0 Å². The average molecular weight is 191 g/mol. The zero-order chi connectivity index (χ0) is 9.97. The van der Waals surface area contributed by atoms with E-state index in [1.54, 1.807) is 0 Å². The van der Waals surface area contributed by atoms with Crippen LogP contribution in [0.1, 0.15) is 29.0 Å². The van der Waals surface area contributed by atoms with Gasteiger partial charge in [0.15, 0.2) is 0 Å². The molecule has 1 unspecified atom stereocenters. The molecule has 0 radical (unpaired) electrons. The molecule has 1 aliphatic rings. The van der Waals surface area contributed by atoms with Gasteiger partial charge in [-0.3, -0.25) is 0 Å². The van der Waals surface area contributed by atoms with E-state index in [9.17, 15) is 0 Å². The van der Waals surface area contributed by atoms with Gasteiger partial charge in [0.25, 0.3) is 0 Å². The number of aryl methyl sites for hydroxylation is 2. The van der Waals surface area contributed by atoms with Crippen molar-refractivity contribution >= 4 is 0 Å². The van der Waals surface area contributed by atoms with Gasteiger partial charge in [-0.05, 0) is 36.0 Å². The van der Waals surface area contributed by atoms with E-state index in [0.29, 0.717) is 6.54 Å². The number of hydrogen-bond acceptors (Lipinski definition) is 2. The number of nitrogens with two attached hydrogens (primary N) is 1. The van der Waals surface area contributed by atoms with Gasteiger partial charge >= 0.3 is 0 Å². The van der Waals surface area contributed by atoms with Crippen molar-refractivity contribution in [2.45, 2.75) is 25.2 Å². The van der Waals surface area contributed by atoms with Crippen molar-refractivity contribution < 1.29 is 5.11 Å². The third-order valence-corrected chi connectivity index (χ3v) is 3.10. The molecule has 0 fully saturated rings. The molecule has 0 aliphatic heterocycles. The molecule has 0 aromatic heterocycles. The van der Waals surface area contributed by atoms with Crippen LogP contribution in [0.3, 0.4) is 0 Å². The summed E-state index contributed by atoms with van der Waals surface area (Å²) in [5, 5.41) is 9.15. The Hall–Kier alpha value is -0.860. The lowest BCUT2D eigenvalue weighted by Crippen LogP contribution is -2.16. The summed E-state index contributed by atoms with van der Waals surface area (Å²) in [6, 6.07) is 6.52. The Morgan fingerprint density at radius 2 is 2.07 bits per heavy atom. The molecule has 0 saturated carbocycles. The zero-order valence-electron chi connectivity index (χ0n) is 8.37. The molecular formula is C12H17NO. The topological polar surface area (TPSA) is 46.2 Å². The second-order valence-electron chi connectivity index (χ2n) is 4.00. The number of benzene rings is 1. The molecule has 2 heteroatoms. The molecule has 1 aromatic rings. The first kappa shape index (κ1) is 9.69. The fourth-order valence-corrected chi connectivity index (χ4v) is 2.16. The van der Waals surface area contributed by atoms with E-state index >= 15 is 0 Å². The number of aliphatic hydroxyl groups is 1. The first-order valence-electron chi connectivity index (χ1n) is 5.27. The lowest BCUT2D eigenvalue weighted by atomic mass is 9.96. The monoisotopic (exact) mass is 191 g/mol. The fourth-order valence-electron chi connectivity index (χ4n) is 2.16. The summed E-state index contributed by atoms with van der Waals surface area (Å²) in [7, 11) is 0. The van der Waals surface area contributed by atoms with Gasteiger partial charge in [-0.15, -0.1) is 0 Å². The maximum Gasteiger partial charge on any atom is 0.0511 e. The van der Waals surface area contributed by atoms with Crippen LogP contribution in [-0.4, -0.2) is 18.3 Å². The summed E-state index contributed by atoms with van der Waals surface area (Å²) < 4.78 is 0. The van der Waals surface area contributed by atoms with Gasteiger partial charge in [-0.2, -0.15) is 0 Å². The van der Waals surface area contributed by atoms with Gasteiger partial charge in [-0.25, -0.2) is 0 Å². The molecule has 0 amide bonds. The Morgan fingerprint density at radius 1 is 1.29 bits per heavy atom. The van der Waals surface area contributed by atoms with E-state index < -0.39 is 0 Å². The average Bonchev–Trinajstić information content (AvgIpc) is 2.66. The lowest BCUT2D eigenvalue weighted by Gasteiger charge is -2.13. The van der Waals surface area contributed by atoms with E-state index in [0.717, 1.165) is 0 Å². The van der Waals surface area contributed by atoms with Crippen molar-refractivity contribution in [2.24, 2.45) is 5.73 Å². The highest BCUT2D eigenvalue weighted by molar-refractivity contribution is 5.36. The Bertz CT molecular complexity index is 318. The van der Waals surface area contributed by atoms with Gasteiger partial charge in [0, 0.05) is 12.5 Å². The quantitative estimate of drug-likeness (QED) is 0.754. The Kier molecular flexibility index (Phi) is 2.85. The summed E-state index contributed by atoms with van der Waals surface area (Å²) in [5.41, 5.74) is 9.72.